The molecule has 1 unspecified atom stereocenters. The summed E-state index contributed by atoms with van der Waals surface area (Å²) < 4.78 is 43.8. The average molecular weight is 380 g/mol. The summed E-state index contributed by atoms with van der Waals surface area (Å²) in [6.07, 6.45) is 3.30. The van der Waals surface area contributed by atoms with E-state index in [0.29, 0.717) is 11.1 Å². The number of sulfonamides is 1. The van der Waals surface area contributed by atoms with Gasteiger partial charge in [-0.25, -0.2) is 17.8 Å². The predicted molar refractivity (Wildman–Crippen MR) is 90.1 cm³/mol. The highest BCUT2D eigenvalue weighted by Gasteiger charge is 2.47. The summed E-state index contributed by atoms with van der Waals surface area (Å²) in [5.41, 5.74) is -0.538. The maximum Gasteiger partial charge on any atom is 0.254 e. The van der Waals surface area contributed by atoms with Gasteiger partial charge in [-0.3, -0.25) is 9.52 Å². The van der Waals surface area contributed by atoms with Crippen molar-refractivity contribution in [2.24, 2.45) is 0 Å². The van der Waals surface area contributed by atoms with Gasteiger partial charge in [0.25, 0.3) is 5.91 Å². The molecular formula is C16H13FN2O4S2. The van der Waals surface area contributed by atoms with Crippen molar-refractivity contribution in [3.05, 3.63) is 76.4 Å². The highest BCUT2D eigenvalue weighted by Crippen LogP contribution is 2.40. The molecule has 0 bridgehead atoms. The fourth-order valence-electron chi connectivity index (χ4n) is 2.66. The Hall–Kier alpha value is -2.52. The Kier molecular flexibility index (Phi) is 4.44. The average Bonchev–Trinajstić information content (AvgIpc) is 3.22. The van der Waals surface area contributed by atoms with Crippen LogP contribution >= 0.6 is 11.3 Å². The van der Waals surface area contributed by atoms with Crippen LogP contribution in [0.4, 0.5) is 4.39 Å². The van der Waals surface area contributed by atoms with Crippen molar-refractivity contribution in [1.82, 2.24) is 9.71 Å². The topological polar surface area (TPSA) is 89.3 Å². The third kappa shape index (κ3) is 3.20. The van der Waals surface area contributed by atoms with Gasteiger partial charge >= 0.3 is 0 Å². The third-order valence-electron chi connectivity index (χ3n) is 3.67. The van der Waals surface area contributed by atoms with Crippen molar-refractivity contribution in [1.29, 1.82) is 0 Å². The summed E-state index contributed by atoms with van der Waals surface area (Å²) in [6, 6.07) is 6.92. The van der Waals surface area contributed by atoms with Crippen LogP contribution in [0.1, 0.15) is 16.8 Å². The number of nitrogens with zero attached hydrogens (tertiary/aromatic N) is 1. The van der Waals surface area contributed by atoms with Gasteiger partial charge in [0, 0.05) is 0 Å². The third-order valence-corrected chi connectivity index (χ3v) is 4.91. The van der Waals surface area contributed by atoms with E-state index in [0.717, 1.165) is 12.6 Å². The first kappa shape index (κ1) is 17.3. The molecule has 1 amide bonds. The zero-order chi connectivity index (χ0) is 18.1. The van der Waals surface area contributed by atoms with E-state index in [4.69, 9.17) is 4.42 Å². The molecule has 0 radical (unpaired) electrons. The highest BCUT2D eigenvalue weighted by molar-refractivity contribution is 7.89. The second-order valence-electron chi connectivity index (χ2n) is 5.35. The fourth-order valence-corrected chi connectivity index (χ4v) is 3.86. The van der Waals surface area contributed by atoms with Crippen molar-refractivity contribution in [2.45, 2.75) is 5.41 Å². The lowest BCUT2D eigenvalue weighted by Crippen LogP contribution is -2.48. The monoisotopic (exact) mass is 380 g/mol. The van der Waals surface area contributed by atoms with Gasteiger partial charge in [0.1, 0.15) is 23.2 Å². The van der Waals surface area contributed by atoms with Crippen LogP contribution in [-0.4, -0.2) is 25.6 Å². The molecular weight excluding hydrogens is 367 g/mol. The lowest BCUT2D eigenvalue weighted by molar-refractivity contribution is -0.122. The van der Waals surface area contributed by atoms with E-state index in [1.807, 2.05) is 4.72 Å². The Morgan fingerprint density at radius 1 is 1.24 bits per heavy atom. The maximum atomic E-state index is 13.4. The predicted octanol–water partition coefficient (Wildman–Crippen LogP) is 2.29. The van der Waals surface area contributed by atoms with Crippen LogP contribution in [-0.2, 0) is 20.2 Å². The molecule has 130 valence electrons. The van der Waals surface area contributed by atoms with Crippen molar-refractivity contribution < 1.29 is 22.0 Å². The normalized spacial score (nSPS) is 14.0. The van der Waals surface area contributed by atoms with Gasteiger partial charge in [-0.2, -0.15) is 11.3 Å². The molecule has 3 rings (SSSR count). The van der Waals surface area contributed by atoms with Crippen LogP contribution in [0.2, 0.25) is 0 Å². The Morgan fingerprint density at radius 2 is 1.96 bits per heavy atom. The number of amides is 1. The minimum atomic E-state index is -3.83. The van der Waals surface area contributed by atoms with Crippen LogP contribution in [0.3, 0.4) is 0 Å². The maximum absolute atomic E-state index is 13.4. The van der Waals surface area contributed by atoms with Crippen molar-refractivity contribution in [3.8, 4) is 0 Å². The first-order valence-corrected chi connectivity index (χ1v) is 9.87. The lowest BCUT2D eigenvalue weighted by atomic mass is 9.72. The largest absolute Gasteiger partial charge is 0.451 e. The molecule has 6 nitrogen and oxygen atoms in total. The number of hydrogen-bond donors (Lipinski definition) is 1. The summed E-state index contributed by atoms with van der Waals surface area (Å²) in [7, 11) is -3.83. The lowest BCUT2D eigenvalue weighted by Gasteiger charge is -2.30. The molecule has 0 aliphatic heterocycles. The highest BCUT2D eigenvalue weighted by atomic mass is 32.2. The molecule has 0 spiro atoms. The number of hydrogen-bond acceptors (Lipinski definition) is 6. The van der Waals surface area contributed by atoms with E-state index >= 15 is 0 Å². The molecule has 1 N–H and O–H groups in total. The van der Waals surface area contributed by atoms with Crippen LogP contribution in [0.15, 0.2) is 58.2 Å². The number of rotatable bonds is 5. The summed E-state index contributed by atoms with van der Waals surface area (Å²) >= 11 is 1.34. The van der Waals surface area contributed by atoms with E-state index in [9.17, 15) is 17.6 Å². The number of oxazole rings is 1. The molecule has 0 saturated heterocycles. The Labute approximate surface area is 147 Å². The smallest absolute Gasteiger partial charge is 0.254 e. The first-order chi connectivity index (χ1) is 11.8. The minimum absolute atomic E-state index is 0.193. The second kappa shape index (κ2) is 6.41. The van der Waals surface area contributed by atoms with Crippen LogP contribution in [0.25, 0.3) is 0 Å². The molecule has 0 aliphatic rings. The molecule has 25 heavy (non-hydrogen) atoms. The Bertz CT molecular complexity index is 932. The molecule has 1 atom stereocenters. The molecule has 2 aromatic heterocycles. The van der Waals surface area contributed by atoms with Crippen LogP contribution in [0.5, 0.6) is 0 Å². The van der Waals surface area contributed by atoms with Gasteiger partial charge in [0.05, 0.1) is 6.26 Å². The van der Waals surface area contributed by atoms with E-state index in [-0.39, 0.29) is 5.69 Å². The first-order valence-electron chi connectivity index (χ1n) is 7.03. The SMILES string of the molecule is CS(=O)(=O)NC(=O)C(c1ccc(F)cc1)(c1ccsc1)c1cocn1. The molecule has 0 fully saturated rings. The van der Waals surface area contributed by atoms with Crippen LogP contribution in [0, 0.1) is 5.82 Å². The number of halogens is 1. The Morgan fingerprint density at radius 3 is 2.48 bits per heavy atom. The quantitative estimate of drug-likeness (QED) is 0.734. The van der Waals surface area contributed by atoms with Gasteiger partial charge in [-0.15, -0.1) is 0 Å². The van der Waals surface area contributed by atoms with E-state index in [1.54, 1.807) is 16.8 Å². The van der Waals surface area contributed by atoms with Gasteiger partial charge in [-0.05, 0) is 40.1 Å². The molecule has 0 aliphatic carbocycles. The van der Waals surface area contributed by atoms with Crippen molar-refractivity contribution in [3.63, 3.8) is 0 Å². The fraction of sp³-hybridized carbons (Fsp3) is 0.125. The standard InChI is InChI=1S/C16H13FN2O4S2/c1-25(21,22)19-15(20)16(12-6-7-24-9-12,14-8-23-10-18-14)11-2-4-13(17)5-3-11/h2-10H,1H3,(H,19,20). The molecule has 3 aromatic rings. The molecule has 9 heteroatoms. The number of benzene rings is 1. The van der Waals surface area contributed by atoms with E-state index in [2.05, 4.69) is 4.98 Å². The van der Waals surface area contributed by atoms with E-state index in [1.165, 1.54) is 41.9 Å². The molecule has 2 heterocycles. The number of carbonyl (C=O) groups excluding carboxylic acids is 1. The van der Waals surface area contributed by atoms with Crippen molar-refractivity contribution >= 4 is 27.3 Å². The zero-order valence-electron chi connectivity index (χ0n) is 13.0. The van der Waals surface area contributed by atoms with Crippen molar-refractivity contribution in [2.75, 3.05) is 6.26 Å². The van der Waals surface area contributed by atoms with Gasteiger partial charge in [-0.1, -0.05) is 12.1 Å². The van der Waals surface area contributed by atoms with Gasteiger partial charge < -0.3 is 4.42 Å². The number of thiophene rings is 1. The Balaban J connectivity index is 2.32. The minimum Gasteiger partial charge on any atom is -0.451 e. The summed E-state index contributed by atoms with van der Waals surface area (Å²) in [4.78, 5) is 17.2. The van der Waals surface area contributed by atoms with Gasteiger partial charge in [0.2, 0.25) is 10.0 Å². The number of nitrogens with one attached hydrogen (secondary N) is 1. The number of aromatic nitrogens is 1. The van der Waals surface area contributed by atoms with E-state index < -0.39 is 27.2 Å². The number of carbonyl (C=O) groups is 1. The second-order valence-corrected chi connectivity index (χ2v) is 7.87. The summed E-state index contributed by atoms with van der Waals surface area (Å²) in [5.74, 6) is -1.31. The molecule has 0 saturated carbocycles. The molecule has 1 aromatic carbocycles. The van der Waals surface area contributed by atoms with Crippen LogP contribution < -0.4 is 4.72 Å². The zero-order valence-corrected chi connectivity index (χ0v) is 14.6. The summed E-state index contributed by atoms with van der Waals surface area (Å²) in [6.45, 7) is 0. The summed E-state index contributed by atoms with van der Waals surface area (Å²) in [5, 5.41) is 3.46. The van der Waals surface area contributed by atoms with Gasteiger partial charge in [0.15, 0.2) is 6.39 Å².